The number of amides is 1. The second-order valence-electron chi connectivity index (χ2n) is 5.29. The predicted molar refractivity (Wildman–Crippen MR) is 68.8 cm³/mol. The lowest BCUT2D eigenvalue weighted by atomic mass is 9.95. The second-order valence-corrected chi connectivity index (χ2v) is 5.29. The molecule has 2 N–H and O–H groups in total. The van der Waals surface area contributed by atoms with Gasteiger partial charge in [0.15, 0.2) is 0 Å². The van der Waals surface area contributed by atoms with Gasteiger partial charge in [0.1, 0.15) is 0 Å². The Morgan fingerprint density at radius 2 is 1.90 bits per heavy atom. The van der Waals surface area contributed by atoms with E-state index in [0.717, 1.165) is 6.07 Å². The lowest BCUT2D eigenvalue weighted by Gasteiger charge is -2.32. The Bertz CT molecular complexity index is 513. The van der Waals surface area contributed by atoms with E-state index in [-0.39, 0.29) is 23.9 Å². The summed E-state index contributed by atoms with van der Waals surface area (Å²) in [5, 5.41) is 0. The van der Waals surface area contributed by atoms with Crippen LogP contribution < -0.4 is 5.73 Å². The van der Waals surface area contributed by atoms with E-state index < -0.39 is 23.8 Å². The first-order valence-electron chi connectivity index (χ1n) is 6.46. The first-order valence-corrected chi connectivity index (χ1v) is 6.46. The molecule has 0 saturated carbocycles. The van der Waals surface area contributed by atoms with Crippen molar-refractivity contribution in [1.82, 2.24) is 4.90 Å². The molecular weight excluding hydrogens is 269 g/mol. The number of nitrogens with zero attached hydrogens (tertiary/aromatic N) is 1. The molecule has 1 aromatic rings. The van der Waals surface area contributed by atoms with Crippen LogP contribution in [0.5, 0.6) is 0 Å². The molecule has 2 rings (SSSR count). The number of halogens is 3. The standard InChI is InChI=1S/C14H17F3N2O/c1-8(2)19-12(20)7-11(18)13(19)9-5-3-4-6-10(9)14(15,16)17/h3-6,8,11,13H,7,18H2,1-2H3. The van der Waals surface area contributed by atoms with E-state index in [1.165, 1.54) is 17.0 Å². The number of nitrogens with two attached hydrogens (primary N) is 1. The van der Waals surface area contributed by atoms with E-state index in [1.54, 1.807) is 19.9 Å². The van der Waals surface area contributed by atoms with E-state index >= 15 is 0 Å². The van der Waals surface area contributed by atoms with E-state index in [2.05, 4.69) is 0 Å². The summed E-state index contributed by atoms with van der Waals surface area (Å²) >= 11 is 0. The molecule has 0 aromatic heterocycles. The van der Waals surface area contributed by atoms with E-state index in [9.17, 15) is 18.0 Å². The van der Waals surface area contributed by atoms with Gasteiger partial charge in [0, 0.05) is 18.5 Å². The minimum atomic E-state index is -4.45. The van der Waals surface area contributed by atoms with Gasteiger partial charge < -0.3 is 10.6 Å². The van der Waals surface area contributed by atoms with E-state index in [4.69, 9.17) is 5.73 Å². The summed E-state index contributed by atoms with van der Waals surface area (Å²) in [4.78, 5) is 13.4. The number of carbonyl (C=O) groups is 1. The summed E-state index contributed by atoms with van der Waals surface area (Å²) in [6, 6.07) is 3.79. The second kappa shape index (κ2) is 5.09. The van der Waals surface area contributed by atoms with Gasteiger partial charge in [-0.15, -0.1) is 0 Å². The Morgan fingerprint density at radius 3 is 2.45 bits per heavy atom. The minimum Gasteiger partial charge on any atom is -0.332 e. The zero-order valence-corrected chi connectivity index (χ0v) is 11.3. The largest absolute Gasteiger partial charge is 0.416 e. The first kappa shape index (κ1) is 14.8. The fourth-order valence-corrected chi connectivity index (χ4v) is 2.78. The Morgan fingerprint density at radius 1 is 1.30 bits per heavy atom. The Kier molecular flexibility index (Phi) is 3.77. The third-order valence-corrected chi connectivity index (χ3v) is 3.54. The predicted octanol–water partition coefficient (Wildman–Crippen LogP) is 2.71. The third kappa shape index (κ3) is 2.52. The zero-order chi connectivity index (χ0) is 15.1. The number of likely N-dealkylation sites (tertiary alicyclic amines) is 1. The maximum atomic E-state index is 13.1. The van der Waals surface area contributed by atoms with Crippen molar-refractivity contribution in [3.05, 3.63) is 35.4 Å². The molecule has 1 aliphatic rings. The molecule has 2 unspecified atom stereocenters. The van der Waals surface area contributed by atoms with Crippen molar-refractivity contribution in [3.8, 4) is 0 Å². The number of benzene rings is 1. The highest BCUT2D eigenvalue weighted by molar-refractivity contribution is 5.80. The van der Waals surface area contributed by atoms with Crippen molar-refractivity contribution >= 4 is 5.91 Å². The average molecular weight is 286 g/mol. The van der Waals surface area contributed by atoms with Gasteiger partial charge in [0.05, 0.1) is 11.6 Å². The van der Waals surface area contributed by atoms with Crippen LogP contribution in [0.4, 0.5) is 13.2 Å². The lowest BCUT2D eigenvalue weighted by Crippen LogP contribution is -2.38. The van der Waals surface area contributed by atoms with Crippen LogP contribution in [0.2, 0.25) is 0 Å². The number of alkyl halides is 3. The van der Waals surface area contributed by atoms with Gasteiger partial charge in [0.2, 0.25) is 5.91 Å². The van der Waals surface area contributed by atoms with Crippen molar-refractivity contribution < 1.29 is 18.0 Å². The SMILES string of the molecule is CC(C)N1C(=O)CC(N)C1c1ccccc1C(F)(F)F. The fourth-order valence-electron chi connectivity index (χ4n) is 2.78. The summed E-state index contributed by atoms with van der Waals surface area (Å²) in [5.41, 5.74) is 5.27. The molecule has 1 aromatic carbocycles. The summed E-state index contributed by atoms with van der Waals surface area (Å²) in [5.74, 6) is -0.200. The maximum Gasteiger partial charge on any atom is 0.416 e. The smallest absolute Gasteiger partial charge is 0.332 e. The molecule has 0 aliphatic carbocycles. The Balaban J connectivity index is 2.52. The van der Waals surface area contributed by atoms with Crippen LogP contribution in [0.1, 0.15) is 37.4 Å². The van der Waals surface area contributed by atoms with Crippen LogP contribution in [-0.2, 0) is 11.0 Å². The summed E-state index contributed by atoms with van der Waals surface area (Å²) < 4.78 is 39.3. The summed E-state index contributed by atoms with van der Waals surface area (Å²) in [7, 11) is 0. The van der Waals surface area contributed by atoms with Gasteiger partial charge in [-0.3, -0.25) is 4.79 Å². The third-order valence-electron chi connectivity index (χ3n) is 3.54. The molecule has 6 heteroatoms. The lowest BCUT2D eigenvalue weighted by molar-refractivity contribution is -0.140. The Hall–Kier alpha value is -1.56. The molecular formula is C14H17F3N2O. The normalized spacial score (nSPS) is 23.8. The molecule has 1 saturated heterocycles. The number of hydrogen-bond acceptors (Lipinski definition) is 2. The number of hydrogen-bond donors (Lipinski definition) is 1. The van der Waals surface area contributed by atoms with E-state index in [0.29, 0.717) is 0 Å². The highest BCUT2D eigenvalue weighted by Gasteiger charge is 2.44. The molecule has 1 amide bonds. The van der Waals surface area contributed by atoms with Crippen LogP contribution in [0, 0.1) is 0 Å². The molecule has 1 aliphatic heterocycles. The molecule has 0 spiro atoms. The van der Waals surface area contributed by atoms with Crippen LogP contribution in [0.15, 0.2) is 24.3 Å². The van der Waals surface area contributed by atoms with Crippen molar-refractivity contribution in [2.45, 2.75) is 44.6 Å². The summed E-state index contributed by atoms with van der Waals surface area (Å²) in [6.45, 7) is 3.55. The first-order chi connectivity index (χ1) is 9.23. The molecule has 20 heavy (non-hydrogen) atoms. The molecule has 1 fully saturated rings. The quantitative estimate of drug-likeness (QED) is 0.908. The highest BCUT2D eigenvalue weighted by Crippen LogP contribution is 2.40. The molecule has 1 heterocycles. The van der Waals surface area contributed by atoms with Crippen LogP contribution in [0.3, 0.4) is 0 Å². The molecule has 3 nitrogen and oxygen atoms in total. The van der Waals surface area contributed by atoms with Crippen LogP contribution in [0.25, 0.3) is 0 Å². The van der Waals surface area contributed by atoms with Crippen LogP contribution in [-0.4, -0.2) is 22.9 Å². The minimum absolute atomic E-state index is 0.0760. The molecule has 0 radical (unpaired) electrons. The van der Waals surface area contributed by atoms with Crippen molar-refractivity contribution in [3.63, 3.8) is 0 Å². The molecule has 110 valence electrons. The molecule has 2 atom stereocenters. The summed E-state index contributed by atoms with van der Waals surface area (Å²) in [6.07, 6.45) is -4.38. The van der Waals surface area contributed by atoms with Crippen molar-refractivity contribution in [1.29, 1.82) is 0 Å². The van der Waals surface area contributed by atoms with Gasteiger partial charge in [0.25, 0.3) is 0 Å². The van der Waals surface area contributed by atoms with Crippen molar-refractivity contribution in [2.24, 2.45) is 5.73 Å². The molecule has 0 bridgehead atoms. The zero-order valence-electron chi connectivity index (χ0n) is 11.3. The fraction of sp³-hybridized carbons (Fsp3) is 0.500. The van der Waals surface area contributed by atoms with Gasteiger partial charge in [-0.25, -0.2) is 0 Å². The topological polar surface area (TPSA) is 46.3 Å². The Labute approximate surface area is 115 Å². The maximum absolute atomic E-state index is 13.1. The highest BCUT2D eigenvalue weighted by atomic mass is 19.4. The average Bonchev–Trinajstić information content (AvgIpc) is 2.63. The van der Waals surface area contributed by atoms with Gasteiger partial charge in [-0.2, -0.15) is 13.2 Å². The van der Waals surface area contributed by atoms with Crippen molar-refractivity contribution in [2.75, 3.05) is 0 Å². The number of rotatable bonds is 2. The van der Waals surface area contributed by atoms with Gasteiger partial charge in [-0.05, 0) is 25.5 Å². The van der Waals surface area contributed by atoms with Crippen LogP contribution >= 0.6 is 0 Å². The van der Waals surface area contributed by atoms with E-state index in [1.807, 2.05) is 0 Å². The van der Waals surface area contributed by atoms with Gasteiger partial charge >= 0.3 is 6.18 Å². The van der Waals surface area contributed by atoms with Gasteiger partial charge in [-0.1, -0.05) is 18.2 Å². The number of carbonyl (C=O) groups excluding carboxylic acids is 1. The monoisotopic (exact) mass is 286 g/mol.